The molecule has 41 heavy (non-hydrogen) atoms. The van der Waals surface area contributed by atoms with Crippen molar-refractivity contribution in [3.8, 4) is 0 Å². The van der Waals surface area contributed by atoms with Gasteiger partial charge in [0, 0.05) is 30.7 Å². The summed E-state index contributed by atoms with van der Waals surface area (Å²) in [6, 6.07) is 7.13. The fourth-order valence-electron chi connectivity index (χ4n) is 5.59. The van der Waals surface area contributed by atoms with E-state index < -0.39 is 29.8 Å². The summed E-state index contributed by atoms with van der Waals surface area (Å²) in [6.07, 6.45) is 0.750. The molecular weight excluding hydrogens is 548 g/mol. The molecule has 4 atom stereocenters. The third-order valence-corrected chi connectivity index (χ3v) is 7.89. The smallest absolute Gasteiger partial charge is 0.413 e. The molecule has 2 aromatic rings. The first-order valence-corrected chi connectivity index (χ1v) is 14.4. The van der Waals surface area contributed by atoms with Crippen LogP contribution in [0.25, 0.3) is 0 Å². The number of ether oxygens (including phenoxy) is 2. The summed E-state index contributed by atoms with van der Waals surface area (Å²) >= 11 is 6.17. The van der Waals surface area contributed by atoms with Gasteiger partial charge in [0.25, 0.3) is 0 Å². The van der Waals surface area contributed by atoms with Crippen molar-refractivity contribution in [2.45, 2.75) is 83.7 Å². The summed E-state index contributed by atoms with van der Waals surface area (Å²) < 4.78 is 11.1. The Labute approximate surface area is 245 Å². The minimum absolute atomic E-state index is 0.0000911. The number of fused-ring (bicyclic) bond motifs is 2. The van der Waals surface area contributed by atoms with Crippen LogP contribution in [-0.2, 0) is 14.3 Å². The lowest BCUT2D eigenvalue weighted by Crippen LogP contribution is -2.52. The van der Waals surface area contributed by atoms with Gasteiger partial charge in [-0.2, -0.15) is 0 Å². The van der Waals surface area contributed by atoms with Crippen molar-refractivity contribution < 1.29 is 23.9 Å². The van der Waals surface area contributed by atoms with Gasteiger partial charge in [0.2, 0.25) is 5.91 Å². The molecule has 3 aliphatic rings. The summed E-state index contributed by atoms with van der Waals surface area (Å²) in [7, 11) is 0. The number of carbonyl (C=O) groups excluding carboxylic acids is 3. The third kappa shape index (κ3) is 6.05. The van der Waals surface area contributed by atoms with Crippen molar-refractivity contribution in [1.82, 2.24) is 19.8 Å². The lowest BCUT2D eigenvalue weighted by molar-refractivity contribution is -0.134. The van der Waals surface area contributed by atoms with E-state index in [0.717, 1.165) is 17.5 Å². The molecular formula is C29H37ClN6O5. The Morgan fingerprint density at radius 3 is 2.54 bits per heavy atom. The van der Waals surface area contributed by atoms with E-state index in [1.165, 1.54) is 6.33 Å². The number of benzene rings is 1. The summed E-state index contributed by atoms with van der Waals surface area (Å²) in [5.74, 6) is 0.535. The van der Waals surface area contributed by atoms with Crippen LogP contribution in [0, 0.1) is 0 Å². The van der Waals surface area contributed by atoms with Gasteiger partial charge in [-0.15, -0.1) is 0 Å². The van der Waals surface area contributed by atoms with Gasteiger partial charge >= 0.3 is 12.2 Å². The number of piperazine rings is 1. The molecule has 5 rings (SSSR count). The Hall–Kier alpha value is -3.60. The molecule has 1 saturated carbocycles. The van der Waals surface area contributed by atoms with Gasteiger partial charge in [0.1, 0.15) is 29.7 Å². The molecule has 2 aliphatic heterocycles. The zero-order chi connectivity index (χ0) is 29.6. The maximum atomic E-state index is 14.3. The third-order valence-electron chi connectivity index (χ3n) is 7.64. The highest BCUT2D eigenvalue weighted by atomic mass is 35.5. The standard InChI is InChI=1S/C29H37ClN6O5/c1-16(2)36(28(39)41-29(4,5)6)14-20(18-7-9-19(30)10-8-18)26(37)35-12-11-34(21-13-22(21)35)25-23-17(3)40-27(38)33-24(23)31-15-32-25/h7-10,15-17,20-22H,11-14H2,1-6H3,(H,31,32,33,38)/t17-,20-,21?,22?/m1/s1. The number of amides is 3. The van der Waals surface area contributed by atoms with Crippen LogP contribution in [0.4, 0.5) is 21.2 Å². The van der Waals surface area contributed by atoms with Gasteiger partial charge in [-0.25, -0.2) is 19.6 Å². The van der Waals surface area contributed by atoms with Gasteiger partial charge in [-0.05, 0) is 65.7 Å². The summed E-state index contributed by atoms with van der Waals surface area (Å²) in [5.41, 5.74) is 0.869. The van der Waals surface area contributed by atoms with Crippen LogP contribution >= 0.6 is 11.6 Å². The number of carbonyl (C=O) groups is 3. The minimum atomic E-state index is -0.660. The molecule has 220 valence electrons. The lowest BCUT2D eigenvalue weighted by atomic mass is 9.96. The number of rotatable bonds is 6. The molecule has 2 fully saturated rings. The Balaban J connectivity index is 1.38. The molecule has 3 amide bonds. The first-order chi connectivity index (χ1) is 19.3. The van der Waals surface area contributed by atoms with Crippen molar-refractivity contribution in [2.75, 3.05) is 29.9 Å². The van der Waals surface area contributed by atoms with Crippen LogP contribution in [0.3, 0.4) is 0 Å². The highest BCUT2D eigenvalue weighted by Crippen LogP contribution is 2.44. The molecule has 0 bridgehead atoms. The molecule has 3 heterocycles. The number of cyclic esters (lactones) is 1. The Kier molecular flexibility index (Phi) is 7.76. The summed E-state index contributed by atoms with van der Waals surface area (Å²) in [5, 5.41) is 3.23. The average Bonchev–Trinajstić information content (AvgIpc) is 3.68. The second-order valence-corrected chi connectivity index (χ2v) is 12.5. The van der Waals surface area contributed by atoms with Crippen molar-refractivity contribution in [3.05, 3.63) is 46.7 Å². The van der Waals surface area contributed by atoms with E-state index in [4.69, 9.17) is 21.1 Å². The maximum Gasteiger partial charge on any atom is 0.413 e. The van der Waals surface area contributed by atoms with Gasteiger partial charge in [0.05, 0.1) is 23.6 Å². The lowest BCUT2D eigenvalue weighted by Gasteiger charge is -2.39. The highest BCUT2D eigenvalue weighted by molar-refractivity contribution is 6.30. The van der Waals surface area contributed by atoms with E-state index in [1.54, 1.807) is 24.0 Å². The van der Waals surface area contributed by atoms with Crippen LogP contribution < -0.4 is 10.2 Å². The number of halogens is 1. The Morgan fingerprint density at radius 1 is 1.17 bits per heavy atom. The molecule has 1 aromatic heterocycles. The van der Waals surface area contributed by atoms with Gasteiger partial charge in [0.15, 0.2) is 0 Å². The molecule has 11 nitrogen and oxygen atoms in total. The predicted octanol–water partition coefficient (Wildman–Crippen LogP) is 4.97. The summed E-state index contributed by atoms with van der Waals surface area (Å²) in [4.78, 5) is 53.8. The van der Waals surface area contributed by atoms with E-state index in [-0.39, 0.29) is 30.6 Å². The SMILES string of the molecule is CC(C)N(C[C@@H](C(=O)N1CCN(c2ncnc3c2[C@@H](C)OC(=O)N3)C2CC21)c1ccc(Cl)cc1)C(=O)OC(C)(C)C. The molecule has 1 aromatic carbocycles. The van der Waals surface area contributed by atoms with E-state index in [0.29, 0.717) is 29.7 Å². The number of aromatic nitrogens is 2. The molecule has 0 spiro atoms. The van der Waals surface area contributed by atoms with Crippen molar-refractivity contribution >= 4 is 41.3 Å². The zero-order valence-corrected chi connectivity index (χ0v) is 25.0. The molecule has 2 unspecified atom stereocenters. The molecule has 1 saturated heterocycles. The van der Waals surface area contributed by atoms with E-state index in [1.807, 2.05) is 51.7 Å². The van der Waals surface area contributed by atoms with Gasteiger partial charge < -0.3 is 24.2 Å². The maximum absolute atomic E-state index is 14.3. The van der Waals surface area contributed by atoms with Crippen LogP contribution in [0.1, 0.15) is 71.1 Å². The van der Waals surface area contributed by atoms with Crippen LogP contribution in [-0.4, -0.2) is 81.2 Å². The Bertz CT molecular complexity index is 1330. The molecule has 1 N–H and O–H groups in total. The van der Waals surface area contributed by atoms with Crippen molar-refractivity contribution in [3.63, 3.8) is 0 Å². The first kappa shape index (κ1) is 28.9. The fourth-order valence-corrected chi connectivity index (χ4v) is 5.72. The molecule has 0 radical (unpaired) electrons. The number of hydrogen-bond acceptors (Lipinski definition) is 8. The van der Waals surface area contributed by atoms with E-state index >= 15 is 0 Å². The second-order valence-electron chi connectivity index (χ2n) is 12.1. The van der Waals surface area contributed by atoms with Crippen LogP contribution in [0.15, 0.2) is 30.6 Å². The fraction of sp³-hybridized carbons (Fsp3) is 0.552. The Morgan fingerprint density at radius 2 is 1.88 bits per heavy atom. The zero-order valence-electron chi connectivity index (χ0n) is 24.3. The van der Waals surface area contributed by atoms with Crippen molar-refractivity contribution in [2.24, 2.45) is 0 Å². The van der Waals surface area contributed by atoms with E-state index in [9.17, 15) is 14.4 Å². The predicted molar refractivity (Wildman–Crippen MR) is 154 cm³/mol. The molecule has 1 aliphatic carbocycles. The van der Waals surface area contributed by atoms with Crippen LogP contribution in [0.5, 0.6) is 0 Å². The van der Waals surface area contributed by atoms with E-state index in [2.05, 4.69) is 20.2 Å². The van der Waals surface area contributed by atoms with Gasteiger partial charge in [-0.3, -0.25) is 10.1 Å². The largest absolute Gasteiger partial charge is 0.444 e. The quantitative estimate of drug-likeness (QED) is 0.506. The second kappa shape index (κ2) is 11.0. The highest BCUT2D eigenvalue weighted by Gasteiger charge is 2.53. The summed E-state index contributed by atoms with van der Waals surface area (Å²) in [6.45, 7) is 12.3. The average molecular weight is 585 g/mol. The monoisotopic (exact) mass is 584 g/mol. The van der Waals surface area contributed by atoms with Crippen LogP contribution in [0.2, 0.25) is 5.02 Å². The van der Waals surface area contributed by atoms with Crippen molar-refractivity contribution in [1.29, 1.82) is 0 Å². The first-order valence-electron chi connectivity index (χ1n) is 14.0. The topological polar surface area (TPSA) is 117 Å². The number of hydrogen-bond donors (Lipinski definition) is 1. The number of nitrogens with zero attached hydrogens (tertiary/aromatic N) is 5. The normalized spacial score (nSPS) is 22.2. The molecule has 12 heteroatoms. The van der Waals surface area contributed by atoms with Gasteiger partial charge in [-0.1, -0.05) is 23.7 Å². The number of anilines is 2. The minimum Gasteiger partial charge on any atom is -0.444 e. The number of nitrogens with one attached hydrogen (secondary N) is 1.